The third-order valence-corrected chi connectivity index (χ3v) is 3.21. The van der Waals surface area contributed by atoms with Crippen LogP contribution >= 0.6 is 11.6 Å². The lowest BCUT2D eigenvalue weighted by atomic mass is 10.2. The van der Waals surface area contributed by atoms with Crippen molar-refractivity contribution in [3.63, 3.8) is 0 Å². The van der Waals surface area contributed by atoms with Crippen LogP contribution in [-0.4, -0.2) is 17.4 Å². The molecule has 0 spiro atoms. The Labute approximate surface area is 122 Å². The summed E-state index contributed by atoms with van der Waals surface area (Å²) in [5.74, 6) is -0.241. The van der Waals surface area contributed by atoms with Crippen LogP contribution in [0.2, 0.25) is 5.02 Å². The molecule has 1 aromatic carbocycles. The molecule has 1 aromatic heterocycles. The second-order valence-corrected chi connectivity index (χ2v) is 4.78. The molecule has 1 N–H and O–H groups in total. The second-order valence-electron chi connectivity index (χ2n) is 4.38. The number of para-hydroxylation sites is 1. The monoisotopic (exact) mass is 287 g/mol. The van der Waals surface area contributed by atoms with Gasteiger partial charge >= 0.3 is 0 Å². The van der Waals surface area contributed by atoms with Gasteiger partial charge in [-0.05, 0) is 25.0 Å². The normalized spacial score (nSPS) is 10.2. The fraction of sp³-hybridized carbons (Fsp3) is 0.267. The van der Waals surface area contributed by atoms with Gasteiger partial charge in [-0.15, -0.1) is 0 Å². The number of benzene rings is 1. The lowest BCUT2D eigenvalue weighted by Gasteiger charge is -2.06. The third-order valence-electron chi connectivity index (χ3n) is 2.90. The van der Waals surface area contributed by atoms with Gasteiger partial charge < -0.3 is 5.32 Å². The summed E-state index contributed by atoms with van der Waals surface area (Å²) in [6, 6.07) is 11.1. The minimum Gasteiger partial charge on any atom is -0.351 e. The maximum Gasteiger partial charge on any atom is 0.269 e. The zero-order valence-corrected chi connectivity index (χ0v) is 11.7. The van der Waals surface area contributed by atoms with Crippen molar-refractivity contribution in [3.05, 3.63) is 41.0 Å². The maximum absolute atomic E-state index is 12.0. The van der Waals surface area contributed by atoms with Gasteiger partial charge in [-0.3, -0.25) is 4.79 Å². The van der Waals surface area contributed by atoms with E-state index >= 15 is 0 Å². The average Bonchev–Trinajstić information content (AvgIpc) is 2.47. The predicted molar refractivity (Wildman–Crippen MR) is 78.6 cm³/mol. The number of aromatic nitrogens is 1. The standard InChI is InChI=1S/C15H14ClN3O/c16-12-10-14(15(20)18-9-5-1-4-8-17)19-13-7-3-2-6-11(12)13/h2-3,6-7,10H,1,4-5,9H2,(H,18,20). The average molecular weight is 288 g/mol. The molecule has 0 aliphatic carbocycles. The number of unbranched alkanes of at least 4 members (excludes halogenated alkanes) is 2. The number of nitrogens with zero attached hydrogens (tertiary/aromatic N) is 2. The topological polar surface area (TPSA) is 65.8 Å². The van der Waals surface area contributed by atoms with Crippen LogP contribution in [0.15, 0.2) is 30.3 Å². The van der Waals surface area contributed by atoms with E-state index in [4.69, 9.17) is 16.9 Å². The molecule has 2 aromatic rings. The van der Waals surface area contributed by atoms with Gasteiger partial charge in [0.15, 0.2) is 0 Å². The molecule has 20 heavy (non-hydrogen) atoms. The van der Waals surface area contributed by atoms with Crippen LogP contribution in [0.1, 0.15) is 29.8 Å². The molecular formula is C15H14ClN3O. The minimum atomic E-state index is -0.241. The highest BCUT2D eigenvalue weighted by molar-refractivity contribution is 6.35. The van der Waals surface area contributed by atoms with Gasteiger partial charge in [-0.2, -0.15) is 5.26 Å². The molecule has 0 radical (unpaired) electrons. The highest BCUT2D eigenvalue weighted by Gasteiger charge is 2.10. The number of halogens is 1. The van der Waals surface area contributed by atoms with Gasteiger partial charge in [0.2, 0.25) is 0 Å². The van der Waals surface area contributed by atoms with E-state index in [9.17, 15) is 4.79 Å². The summed E-state index contributed by atoms with van der Waals surface area (Å²) in [5.41, 5.74) is 1.02. The number of hydrogen-bond acceptors (Lipinski definition) is 3. The van der Waals surface area contributed by atoms with Gasteiger partial charge in [-0.1, -0.05) is 29.8 Å². The number of amides is 1. The molecule has 0 unspecified atom stereocenters. The van der Waals surface area contributed by atoms with Crippen molar-refractivity contribution in [2.75, 3.05) is 6.54 Å². The first-order valence-electron chi connectivity index (χ1n) is 6.43. The van der Waals surface area contributed by atoms with Crippen molar-refractivity contribution < 1.29 is 4.79 Å². The Kier molecular flexibility index (Phi) is 4.91. The van der Waals surface area contributed by atoms with Gasteiger partial charge in [0.25, 0.3) is 5.91 Å². The van der Waals surface area contributed by atoms with Crippen LogP contribution in [0, 0.1) is 11.3 Å². The van der Waals surface area contributed by atoms with Crippen molar-refractivity contribution in [1.82, 2.24) is 10.3 Å². The number of pyridine rings is 1. The quantitative estimate of drug-likeness (QED) is 0.858. The lowest BCUT2D eigenvalue weighted by molar-refractivity contribution is 0.0948. The molecule has 2 rings (SSSR count). The summed E-state index contributed by atoms with van der Waals surface area (Å²) in [7, 11) is 0. The first-order chi connectivity index (χ1) is 9.72. The lowest BCUT2D eigenvalue weighted by Crippen LogP contribution is -2.25. The summed E-state index contributed by atoms with van der Waals surface area (Å²) in [4.78, 5) is 16.3. The van der Waals surface area contributed by atoms with Crippen LogP contribution in [0.5, 0.6) is 0 Å². The van der Waals surface area contributed by atoms with Gasteiger partial charge in [0, 0.05) is 18.4 Å². The van der Waals surface area contributed by atoms with E-state index in [1.807, 2.05) is 24.3 Å². The van der Waals surface area contributed by atoms with E-state index in [2.05, 4.69) is 16.4 Å². The maximum atomic E-state index is 12.0. The van der Waals surface area contributed by atoms with Crippen LogP contribution in [0.25, 0.3) is 10.9 Å². The molecule has 0 aliphatic rings. The summed E-state index contributed by atoms with van der Waals surface area (Å²) in [6.07, 6.45) is 2.07. The highest BCUT2D eigenvalue weighted by atomic mass is 35.5. The van der Waals surface area contributed by atoms with E-state index in [0.29, 0.717) is 29.2 Å². The largest absolute Gasteiger partial charge is 0.351 e. The zero-order chi connectivity index (χ0) is 14.4. The molecule has 0 bridgehead atoms. The Bertz CT molecular complexity index is 664. The first-order valence-corrected chi connectivity index (χ1v) is 6.80. The van der Waals surface area contributed by atoms with E-state index in [-0.39, 0.29) is 5.91 Å². The predicted octanol–water partition coefficient (Wildman–Crippen LogP) is 3.31. The second kappa shape index (κ2) is 6.88. The fourth-order valence-electron chi connectivity index (χ4n) is 1.87. The molecule has 0 fully saturated rings. The minimum absolute atomic E-state index is 0.241. The van der Waals surface area contributed by atoms with Crippen LogP contribution in [0.4, 0.5) is 0 Å². The molecule has 0 atom stereocenters. The summed E-state index contributed by atoms with van der Waals surface area (Å²) < 4.78 is 0. The Balaban J connectivity index is 2.05. The molecule has 1 amide bonds. The van der Waals surface area contributed by atoms with E-state index in [0.717, 1.165) is 18.2 Å². The molecule has 0 saturated carbocycles. The summed E-state index contributed by atoms with van der Waals surface area (Å²) in [5, 5.41) is 12.6. The Morgan fingerprint density at radius 3 is 2.95 bits per heavy atom. The molecule has 0 aliphatic heterocycles. The summed E-state index contributed by atoms with van der Waals surface area (Å²) in [6.45, 7) is 0.534. The first kappa shape index (κ1) is 14.3. The SMILES string of the molecule is N#CCCCCNC(=O)c1cc(Cl)c2ccccc2n1. The number of rotatable bonds is 5. The number of carbonyl (C=O) groups is 1. The van der Waals surface area contributed by atoms with Crippen molar-refractivity contribution >= 4 is 28.4 Å². The van der Waals surface area contributed by atoms with Gasteiger partial charge in [0.1, 0.15) is 5.69 Å². The van der Waals surface area contributed by atoms with Crippen molar-refractivity contribution in [3.8, 4) is 6.07 Å². The number of fused-ring (bicyclic) bond motifs is 1. The zero-order valence-electron chi connectivity index (χ0n) is 10.9. The van der Waals surface area contributed by atoms with Crippen LogP contribution in [0.3, 0.4) is 0 Å². The van der Waals surface area contributed by atoms with Crippen LogP contribution < -0.4 is 5.32 Å². The van der Waals surface area contributed by atoms with E-state index in [1.54, 1.807) is 6.07 Å². The summed E-state index contributed by atoms with van der Waals surface area (Å²) >= 11 is 6.15. The molecule has 1 heterocycles. The Morgan fingerprint density at radius 2 is 2.15 bits per heavy atom. The van der Waals surface area contributed by atoms with E-state index in [1.165, 1.54) is 0 Å². The molecule has 4 nitrogen and oxygen atoms in total. The number of hydrogen-bond donors (Lipinski definition) is 1. The van der Waals surface area contributed by atoms with E-state index < -0.39 is 0 Å². The van der Waals surface area contributed by atoms with Gasteiger partial charge in [-0.25, -0.2) is 4.98 Å². The molecule has 102 valence electrons. The van der Waals surface area contributed by atoms with Gasteiger partial charge in [0.05, 0.1) is 16.6 Å². The molecule has 0 saturated heterocycles. The van der Waals surface area contributed by atoms with Crippen molar-refractivity contribution in [1.29, 1.82) is 5.26 Å². The molecular weight excluding hydrogens is 274 g/mol. The number of nitrogens with one attached hydrogen (secondary N) is 1. The number of carbonyl (C=O) groups excluding carboxylic acids is 1. The number of nitriles is 1. The highest BCUT2D eigenvalue weighted by Crippen LogP contribution is 2.22. The molecule has 5 heteroatoms. The van der Waals surface area contributed by atoms with Crippen molar-refractivity contribution in [2.24, 2.45) is 0 Å². The fourth-order valence-corrected chi connectivity index (χ4v) is 2.13. The van der Waals surface area contributed by atoms with Crippen LogP contribution in [-0.2, 0) is 0 Å². The van der Waals surface area contributed by atoms with Crippen molar-refractivity contribution in [2.45, 2.75) is 19.3 Å². The Morgan fingerprint density at radius 1 is 1.35 bits per heavy atom. The smallest absolute Gasteiger partial charge is 0.269 e. The Hall–Kier alpha value is -2.12. The third kappa shape index (κ3) is 3.46.